The van der Waals surface area contributed by atoms with E-state index in [1.165, 1.54) is 27.0 Å². The predicted molar refractivity (Wildman–Crippen MR) is 90.1 cm³/mol. The third kappa shape index (κ3) is 4.04. The molecule has 1 amide bonds. The van der Waals surface area contributed by atoms with E-state index >= 15 is 0 Å². The van der Waals surface area contributed by atoms with E-state index in [9.17, 15) is 4.79 Å². The molecule has 0 saturated carbocycles. The minimum atomic E-state index is -0.0655. The number of benzene rings is 1. The average molecular weight is 326 g/mol. The van der Waals surface area contributed by atoms with E-state index in [4.69, 9.17) is 0 Å². The van der Waals surface area contributed by atoms with Gasteiger partial charge in [0.15, 0.2) is 0 Å². The Kier molecular flexibility index (Phi) is 4.83. The van der Waals surface area contributed by atoms with Gasteiger partial charge in [-0.25, -0.2) is 9.67 Å². The first-order valence-corrected chi connectivity index (χ1v) is 8.30. The first-order chi connectivity index (χ1) is 11.2. The van der Waals surface area contributed by atoms with E-state index in [0.717, 1.165) is 6.42 Å². The fourth-order valence-corrected chi connectivity index (χ4v) is 3.48. The standard InChI is InChI=1S/C17H18N4OS/c1-13-7-8-23-17(13)15(9-14-5-3-2-4-6-14)20-16(22)10-21-12-18-11-19-21/h2-8,11-12,15H,9-10H2,1H3,(H,20,22)/t15-/m0/s1. The summed E-state index contributed by atoms with van der Waals surface area (Å²) >= 11 is 1.68. The van der Waals surface area contributed by atoms with Gasteiger partial charge in [-0.2, -0.15) is 5.10 Å². The predicted octanol–water partition coefficient (Wildman–Crippen LogP) is 2.75. The van der Waals surface area contributed by atoms with Gasteiger partial charge in [0.25, 0.3) is 0 Å². The molecule has 0 spiro atoms. The van der Waals surface area contributed by atoms with E-state index in [-0.39, 0.29) is 18.5 Å². The molecule has 118 valence electrons. The molecule has 0 aliphatic rings. The molecular formula is C17H18N4OS. The van der Waals surface area contributed by atoms with E-state index in [0.29, 0.717) is 0 Å². The Hall–Kier alpha value is -2.47. The number of aryl methyl sites for hydroxylation is 1. The van der Waals surface area contributed by atoms with Crippen LogP contribution < -0.4 is 5.32 Å². The van der Waals surface area contributed by atoms with Crippen LogP contribution >= 0.6 is 11.3 Å². The van der Waals surface area contributed by atoms with Gasteiger partial charge in [-0.1, -0.05) is 30.3 Å². The number of thiophene rings is 1. The van der Waals surface area contributed by atoms with Crippen molar-refractivity contribution < 1.29 is 4.79 Å². The van der Waals surface area contributed by atoms with Crippen molar-refractivity contribution in [1.82, 2.24) is 20.1 Å². The molecule has 6 heteroatoms. The zero-order valence-electron chi connectivity index (χ0n) is 12.8. The number of carbonyl (C=O) groups is 1. The summed E-state index contributed by atoms with van der Waals surface area (Å²) in [7, 11) is 0. The van der Waals surface area contributed by atoms with Crippen LogP contribution in [0.25, 0.3) is 0 Å². The molecule has 0 fully saturated rings. The number of aromatic nitrogens is 3. The topological polar surface area (TPSA) is 59.8 Å². The van der Waals surface area contributed by atoms with Crippen molar-refractivity contribution in [2.45, 2.75) is 25.9 Å². The minimum absolute atomic E-state index is 0.0339. The summed E-state index contributed by atoms with van der Waals surface area (Å²) in [5, 5.41) is 9.17. The van der Waals surface area contributed by atoms with E-state index < -0.39 is 0 Å². The normalized spacial score (nSPS) is 12.0. The molecule has 0 unspecified atom stereocenters. The highest BCUT2D eigenvalue weighted by molar-refractivity contribution is 7.10. The molecule has 2 heterocycles. The second kappa shape index (κ2) is 7.19. The van der Waals surface area contributed by atoms with Crippen LogP contribution in [0, 0.1) is 6.92 Å². The van der Waals surface area contributed by atoms with Crippen molar-refractivity contribution >= 4 is 17.2 Å². The molecule has 0 saturated heterocycles. The smallest absolute Gasteiger partial charge is 0.242 e. The van der Waals surface area contributed by atoms with Gasteiger partial charge < -0.3 is 5.32 Å². The molecule has 0 aliphatic carbocycles. The van der Waals surface area contributed by atoms with Crippen molar-refractivity contribution in [2.24, 2.45) is 0 Å². The van der Waals surface area contributed by atoms with Crippen molar-refractivity contribution in [2.75, 3.05) is 0 Å². The molecule has 2 aromatic heterocycles. The Labute approximate surface area is 139 Å². The van der Waals surface area contributed by atoms with Gasteiger partial charge in [-0.3, -0.25) is 4.79 Å². The van der Waals surface area contributed by atoms with Gasteiger partial charge >= 0.3 is 0 Å². The quantitative estimate of drug-likeness (QED) is 0.758. The molecule has 0 radical (unpaired) electrons. The minimum Gasteiger partial charge on any atom is -0.347 e. The van der Waals surface area contributed by atoms with E-state index in [1.807, 2.05) is 18.2 Å². The SMILES string of the molecule is Cc1ccsc1[C@H](Cc1ccccc1)NC(=O)Cn1cncn1. The second-order valence-electron chi connectivity index (χ2n) is 5.37. The average Bonchev–Trinajstić information content (AvgIpc) is 3.19. The van der Waals surface area contributed by atoms with E-state index in [1.54, 1.807) is 17.7 Å². The molecule has 23 heavy (non-hydrogen) atoms. The molecule has 0 bridgehead atoms. The number of hydrogen-bond acceptors (Lipinski definition) is 4. The van der Waals surface area contributed by atoms with Crippen LogP contribution in [0.4, 0.5) is 0 Å². The fraction of sp³-hybridized carbons (Fsp3) is 0.235. The zero-order chi connectivity index (χ0) is 16.1. The highest BCUT2D eigenvalue weighted by Crippen LogP contribution is 2.27. The van der Waals surface area contributed by atoms with Crippen molar-refractivity contribution in [3.63, 3.8) is 0 Å². The van der Waals surface area contributed by atoms with Crippen LogP contribution in [0.2, 0.25) is 0 Å². The summed E-state index contributed by atoms with van der Waals surface area (Å²) in [5.74, 6) is -0.0655. The van der Waals surface area contributed by atoms with Gasteiger partial charge in [0, 0.05) is 4.88 Å². The van der Waals surface area contributed by atoms with Crippen molar-refractivity contribution in [1.29, 1.82) is 0 Å². The molecule has 0 aliphatic heterocycles. The summed E-state index contributed by atoms with van der Waals surface area (Å²) < 4.78 is 1.52. The first-order valence-electron chi connectivity index (χ1n) is 7.42. The Morgan fingerprint density at radius 1 is 1.30 bits per heavy atom. The van der Waals surface area contributed by atoms with Crippen LogP contribution in [0.3, 0.4) is 0 Å². The van der Waals surface area contributed by atoms with Gasteiger partial charge in [0.1, 0.15) is 19.2 Å². The van der Waals surface area contributed by atoms with Crippen molar-refractivity contribution in [3.8, 4) is 0 Å². The second-order valence-corrected chi connectivity index (χ2v) is 6.32. The van der Waals surface area contributed by atoms with Gasteiger partial charge in [-0.15, -0.1) is 11.3 Å². The maximum absolute atomic E-state index is 12.3. The molecule has 1 N–H and O–H groups in total. The summed E-state index contributed by atoms with van der Waals surface area (Å²) in [4.78, 5) is 17.4. The maximum Gasteiger partial charge on any atom is 0.242 e. The number of nitrogens with one attached hydrogen (secondary N) is 1. The largest absolute Gasteiger partial charge is 0.347 e. The maximum atomic E-state index is 12.3. The Morgan fingerprint density at radius 2 is 2.13 bits per heavy atom. The first kappa shape index (κ1) is 15.4. The third-order valence-electron chi connectivity index (χ3n) is 3.61. The van der Waals surface area contributed by atoms with Crippen LogP contribution in [0.5, 0.6) is 0 Å². The lowest BCUT2D eigenvalue weighted by Gasteiger charge is -2.19. The van der Waals surface area contributed by atoms with Crippen LogP contribution in [0.15, 0.2) is 54.4 Å². The van der Waals surface area contributed by atoms with Crippen LogP contribution in [0.1, 0.15) is 22.0 Å². The number of rotatable bonds is 6. The summed E-state index contributed by atoms with van der Waals surface area (Å²) in [6.07, 6.45) is 3.74. The van der Waals surface area contributed by atoms with Crippen LogP contribution in [-0.2, 0) is 17.8 Å². The highest BCUT2D eigenvalue weighted by Gasteiger charge is 2.18. The Balaban J connectivity index is 1.75. The van der Waals surface area contributed by atoms with Crippen LogP contribution in [-0.4, -0.2) is 20.7 Å². The van der Waals surface area contributed by atoms with Crippen molar-refractivity contribution in [3.05, 3.63) is 70.4 Å². The number of amides is 1. The summed E-state index contributed by atoms with van der Waals surface area (Å²) in [6.45, 7) is 2.25. The molecule has 1 atom stereocenters. The third-order valence-corrected chi connectivity index (χ3v) is 4.74. The van der Waals surface area contributed by atoms with Gasteiger partial charge in [0.05, 0.1) is 6.04 Å². The molecular weight excluding hydrogens is 308 g/mol. The summed E-state index contributed by atoms with van der Waals surface area (Å²) in [5.41, 5.74) is 2.41. The monoisotopic (exact) mass is 326 g/mol. The molecule has 1 aromatic carbocycles. The summed E-state index contributed by atoms with van der Waals surface area (Å²) in [6, 6.07) is 12.3. The lowest BCUT2D eigenvalue weighted by Crippen LogP contribution is -2.32. The van der Waals surface area contributed by atoms with Gasteiger partial charge in [-0.05, 0) is 35.9 Å². The zero-order valence-corrected chi connectivity index (χ0v) is 13.7. The number of nitrogens with zero attached hydrogens (tertiary/aromatic N) is 3. The molecule has 5 nitrogen and oxygen atoms in total. The Morgan fingerprint density at radius 3 is 2.78 bits per heavy atom. The van der Waals surface area contributed by atoms with Gasteiger partial charge in [0.2, 0.25) is 5.91 Å². The fourth-order valence-electron chi connectivity index (χ4n) is 2.50. The lowest BCUT2D eigenvalue weighted by atomic mass is 10.0. The molecule has 3 aromatic rings. The molecule has 3 rings (SSSR count). The highest BCUT2D eigenvalue weighted by atomic mass is 32.1. The lowest BCUT2D eigenvalue weighted by molar-refractivity contribution is -0.122. The number of carbonyl (C=O) groups excluding carboxylic acids is 1. The van der Waals surface area contributed by atoms with E-state index in [2.05, 4.69) is 45.9 Å². The Bertz CT molecular complexity index is 752. The number of hydrogen-bond donors (Lipinski definition) is 1.